The van der Waals surface area contributed by atoms with Crippen LogP contribution in [-0.2, 0) is 9.53 Å². The molecule has 2 heterocycles. The van der Waals surface area contributed by atoms with Gasteiger partial charge in [0.25, 0.3) is 0 Å². The van der Waals surface area contributed by atoms with Gasteiger partial charge in [0.2, 0.25) is 0 Å². The van der Waals surface area contributed by atoms with E-state index in [2.05, 4.69) is 11.8 Å². The van der Waals surface area contributed by atoms with E-state index in [9.17, 15) is 4.79 Å². The Balaban J connectivity index is 1.96. The first-order valence-corrected chi connectivity index (χ1v) is 6.54. The SMILES string of the molecule is CC1CCCCN1CC1(C=O)CCCOC1. The molecule has 3 heteroatoms. The van der Waals surface area contributed by atoms with Gasteiger partial charge in [-0.15, -0.1) is 0 Å². The average molecular weight is 225 g/mol. The topological polar surface area (TPSA) is 29.5 Å². The third-order valence-electron chi connectivity index (χ3n) is 4.06. The normalized spacial score (nSPS) is 37.2. The lowest BCUT2D eigenvalue weighted by atomic mass is 9.82. The largest absolute Gasteiger partial charge is 0.380 e. The van der Waals surface area contributed by atoms with Gasteiger partial charge in [-0.3, -0.25) is 4.90 Å². The first-order valence-electron chi connectivity index (χ1n) is 6.54. The first-order chi connectivity index (χ1) is 7.76. The van der Waals surface area contributed by atoms with E-state index in [1.165, 1.54) is 19.3 Å². The third-order valence-corrected chi connectivity index (χ3v) is 4.06. The molecule has 0 aliphatic carbocycles. The fourth-order valence-corrected chi connectivity index (χ4v) is 2.93. The Morgan fingerprint density at radius 1 is 1.44 bits per heavy atom. The van der Waals surface area contributed by atoms with Crippen molar-refractivity contribution in [2.24, 2.45) is 5.41 Å². The highest BCUT2D eigenvalue weighted by atomic mass is 16.5. The van der Waals surface area contributed by atoms with E-state index in [4.69, 9.17) is 4.74 Å². The van der Waals surface area contributed by atoms with Gasteiger partial charge in [0, 0.05) is 19.2 Å². The van der Waals surface area contributed by atoms with Crippen molar-refractivity contribution in [2.75, 3.05) is 26.3 Å². The fraction of sp³-hybridized carbons (Fsp3) is 0.923. The summed E-state index contributed by atoms with van der Waals surface area (Å²) in [5.74, 6) is 0. The van der Waals surface area contributed by atoms with E-state index >= 15 is 0 Å². The highest BCUT2D eigenvalue weighted by Gasteiger charge is 2.36. The average Bonchev–Trinajstić information content (AvgIpc) is 2.33. The van der Waals surface area contributed by atoms with Crippen molar-refractivity contribution in [2.45, 2.75) is 45.1 Å². The number of carbonyl (C=O) groups is 1. The molecule has 0 aromatic carbocycles. The highest BCUT2D eigenvalue weighted by Crippen LogP contribution is 2.30. The number of hydrogen-bond acceptors (Lipinski definition) is 3. The third kappa shape index (κ3) is 2.64. The second-order valence-corrected chi connectivity index (χ2v) is 5.45. The molecule has 2 rings (SSSR count). The van der Waals surface area contributed by atoms with Gasteiger partial charge in [0.15, 0.2) is 0 Å². The van der Waals surface area contributed by atoms with Crippen LogP contribution in [0.15, 0.2) is 0 Å². The lowest BCUT2D eigenvalue weighted by Gasteiger charge is -2.41. The summed E-state index contributed by atoms with van der Waals surface area (Å²) >= 11 is 0. The van der Waals surface area contributed by atoms with Gasteiger partial charge in [-0.25, -0.2) is 0 Å². The molecule has 0 radical (unpaired) electrons. The van der Waals surface area contributed by atoms with Crippen molar-refractivity contribution in [1.82, 2.24) is 4.90 Å². The van der Waals surface area contributed by atoms with E-state index in [0.29, 0.717) is 12.6 Å². The van der Waals surface area contributed by atoms with Crippen LogP contribution in [-0.4, -0.2) is 43.5 Å². The number of piperidine rings is 1. The molecule has 16 heavy (non-hydrogen) atoms. The second-order valence-electron chi connectivity index (χ2n) is 5.45. The predicted octanol–water partition coefficient (Wildman–Crippen LogP) is 1.86. The van der Waals surface area contributed by atoms with Gasteiger partial charge in [-0.05, 0) is 39.2 Å². The maximum Gasteiger partial charge on any atom is 0.129 e. The molecule has 0 bridgehead atoms. The molecule has 0 amide bonds. The van der Waals surface area contributed by atoms with Gasteiger partial charge in [0.1, 0.15) is 6.29 Å². The van der Waals surface area contributed by atoms with Crippen LogP contribution >= 0.6 is 0 Å². The van der Waals surface area contributed by atoms with Gasteiger partial charge in [0.05, 0.1) is 12.0 Å². The van der Waals surface area contributed by atoms with Crippen LogP contribution in [0.1, 0.15) is 39.0 Å². The van der Waals surface area contributed by atoms with Crippen LogP contribution in [0.2, 0.25) is 0 Å². The molecular formula is C13H23NO2. The standard InChI is InChI=1S/C13H23NO2/c1-12-5-2-3-7-14(12)9-13(10-15)6-4-8-16-11-13/h10,12H,2-9,11H2,1H3. The zero-order chi connectivity index (χ0) is 11.4. The molecule has 2 fully saturated rings. The Bertz CT molecular complexity index is 236. The van der Waals surface area contributed by atoms with Crippen LogP contribution in [0.5, 0.6) is 0 Å². The quantitative estimate of drug-likeness (QED) is 0.687. The van der Waals surface area contributed by atoms with E-state index in [-0.39, 0.29) is 5.41 Å². The minimum absolute atomic E-state index is 0.218. The van der Waals surface area contributed by atoms with Crippen LogP contribution in [0, 0.1) is 5.41 Å². The molecule has 2 atom stereocenters. The molecule has 2 unspecified atom stereocenters. The summed E-state index contributed by atoms with van der Waals surface area (Å²) < 4.78 is 5.50. The minimum Gasteiger partial charge on any atom is -0.380 e. The number of rotatable bonds is 3. The number of hydrogen-bond donors (Lipinski definition) is 0. The predicted molar refractivity (Wildman–Crippen MR) is 63.4 cm³/mol. The van der Waals surface area contributed by atoms with Crippen molar-refractivity contribution in [1.29, 1.82) is 0 Å². The number of nitrogens with zero attached hydrogens (tertiary/aromatic N) is 1. The van der Waals surface area contributed by atoms with Gasteiger partial charge in [-0.2, -0.15) is 0 Å². The first kappa shape index (κ1) is 12.1. The number of ether oxygens (including phenoxy) is 1. The second kappa shape index (κ2) is 5.28. The van der Waals surface area contributed by atoms with Gasteiger partial charge < -0.3 is 9.53 Å². The Kier molecular flexibility index (Phi) is 3.98. The zero-order valence-electron chi connectivity index (χ0n) is 10.3. The van der Waals surface area contributed by atoms with Gasteiger partial charge in [-0.1, -0.05) is 6.42 Å². The van der Waals surface area contributed by atoms with Crippen molar-refractivity contribution in [3.63, 3.8) is 0 Å². The summed E-state index contributed by atoms with van der Waals surface area (Å²) in [6.45, 7) is 5.78. The smallest absolute Gasteiger partial charge is 0.129 e. The molecule has 3 nitrogen and oxygen atoms in total. The maximum atomic E-state index is 11.4. The Morgan fingerprint density at radius 2 is 2.31 bits per heavy atom. The molecule has 92 valence electrons. The molecule has 0 aromatic rings. The molecule has 0 N–H and O–H groups in total. The Hall–Kier alpha value is -0.410. The lowest BCUT2D eigenvalue weighted by molar-refractivity contribution is -0.126. The number of likely N-dealkylation sites (tertiary alicyclic amines) is 1. The lowest BCUT2D eigenvalue weighted by Crippen LogP contribution is -2.48. The summed E-state index contributed by atoms with van der Waals surface area (Å²) in [5.41, 5.74) is -0.218. The fourth-order valence-electron chi connectivity index (χ4n) is 2.93. The van der Waals surface area contributed by atoms with Crippen molar-refractivity contribution in [3.8, 4) is 0 Å². The molecule has 0 aromatic heterocycles. The number of aldehydes is 1. The molecule has 2 aliphatic rings. The van der Waals surface area contributed by atoms with Crippen molar-refractivity contribution in [3.05, 3.63) is 0 Å². The highest BCUT2D eigenvalue weighted by molar-refractivity contribution is 5.60. The summed E-state index contributed by atoms with van der Waals surface area (Å²) in [5, 5.41) is 0. The monoisotopic (exact) mass is 225 g/mol. The molecular weight excluding hydrogens is 202 g/mol. The van der Waals surface area contributed by atoms with Crippen LogP contribution in [0.3, 0.4) is 0 Å². The zero-order valence-corrected chi connectivity index (χ0v) is 10.3. The van der Waals surface area contributed by atoms with Crippen LogP contribution in [0.25, 0.3) is 0 Å². The molecule has 0 saturated carbocycles. The summed E-state index contributed by atoms with van der Waals surface area (Å²) in [6, 6.07) is 0.632. The number of carbonyl (C=O) groups excluding carboxylic acids is 1. The maximum absolute atomic E-state index is 11.4. The molecule has 0 spiro atoms. The summed E-state index contributed by atoms with van der Waals surface area (Å²) in [4.78, 5) is 13.8. The van der Waals surface area contributed by atoms with E-state index < -0.39 is 0 Å². The summed E-state index contributed by atoms with van der Waals surface area (Å²) in [6.07, 6.45) is 7.06. The molecule has 2 saturated heterocycles. The van der Waals surface area contributed by atoms with Crippen LogP contribution < -0.4 is 0 Å². The van der Waals surface area contributed by atoms with E-state index in [1.807, 2.05) is 0 Å². The Labute approximate surface area is 98.1 Å². The minimum atomic E-state index is -0.218. The van der Waals surface area contributed by atoms with Crippen LogP contribution in [0.4, 0.5) is 0 Å². The van der Waals surface area contributed by atoms with E-state index in [1.54, 1.807) is 0 Å². The molecule has 2 aliphatic heterocycles. The summed E-state index contributed by atoms with van der Waals surface area (Å²) in [7, 11) is 0. The van der Waals surface area contributed by atoms with Gasteiger partial charge >= 0.3 is 0 Å². The van der Waals surface area contributed by atoms with Crippen molar-refractivity contribution >= 4 is 6.29 Å². The van der Waals surface area contributed by atoms with E-state index in [0.717, 1.165) is 38.8 Å². The van der Waals surface area contributed by atoms with Crippen molar-refractivity contribution < 1.29 is 9.53 Å². The Morgan fingerprint density at radius 3 is 2.94 bits per heavy atom.